The van der Waals surface area contributed by atoms with Crippen molar-refractivity contribution in [1.29, 1.82) is 0 Å². The predicted octanol–water partition coefficient (Wildman–Crippen LogP) is 5.02. The van der Waals surface area contributed by atoms with Crippen molar-refractivity contribution >= 4 is 56.0 Å². The fraction of sp³-hybridized carbons (Fsp3) is 0.300. The minimum absolute atomic E-state index is 0.110. The van der Waals surface area contributed by atoms with E-state index in [2.05, 4.69) is 11.8 Å². The largest absolute Gasteiger partial charge is 0.345 e. The maximum absolute atomic E-state index is 12.8. The van der Waals surface area contributed by atoms with E-state index in [0.29, 0.717) is 13.1 Å². The summed E-state index contributed by atoms with van der Waals surface area (Å²) < 4.78 is 1.10. The molecule has 1 aliphatic heterocycles. The molecule has 2 aromatic carbocycles. The van der Waals surface area contributed by atoms with Crippen molar-refractivity contribution in [3.05, 3.63) is 53.1 Å². The summed E-state index contributed by atoms with van der Waals surface area (Å²) in [4.78, 5) is 22.9. The number of benzene rings is 2. The molecule has 0 N–H and O–H groups in total. The summed E-state index contributed by atoms with van der Waals surface area (Å²) in [5.41, 5.74) is 1.74. The van der Waals surface area contributed by atoms with Crippen LogP contribution in [0.4, 0.5) is 5.13 Å². The minimum atomic E-state index is 0.110. The molecule has 3 aromatic rings. The SMILES string of the molecule is CCSc1ccc(C(=O)N2CCN(c3nc4ccc(Cl)cc4s3)CC2)cc1. The molecule has 27 heavy (non-hydrogen) atoms. The third kappa shape index (κ3) is 4.08. The third-order valence-corrected chi connectivity index (χ3v) is 6.80. The number of aromatic nitrogens is 1. The number of thiazole rings is 1. The Labute approximate surface area is 172 Å². The Kier molecular flexibility index (Phi) is 5.57. The van der Waals surface area contributed by atoms with E-state index in [4.69, 9.17) is 16.6 Å². The Balaban J connectivity index is 1.41. The molecule has 140 valence electrons. The number of anilines is 1. The van der Waals surface area contributed by atoms with Crippen LogP contribution in [-0.4, -0.2) is 47.7 Å². The number of thioether (sulfide) groups is 1. The molecule has 2 heterocycles. The van der Waals surface area contributed by atoms with Gasteiger partial charge in [-0.1, -0.05) is 29.9 Å². The van der Waals surface area contributed by atoms with Crippen LogP contribution in [-0.2, 0) is 0 Å². The Bertz CT molecular complexity index is 950. The molecule has 4 nitrogen and oxygen atoms in total. The summed E-state index contributed by atoms with van der Waals surface area (Å²) >= 11 is 9.51. The second-order valence-corrected chi connectivity index (χ2v) is 9.13. The number of nitrogens with zero attached hydrogens (tertiary/aromatic N) is 3. The summed E-state index contributed by atoms with van der Waals surface area (Å²) in [5.74, 6) is 1.14. The molecule has 1 aliphatic rings. The summed E-state index contributed by atoms with van der Waals surface area (Å²) in [6.07, 6.45) is 0. The third-order valence-electron chi connectivity index (χ3n) is 4.59. The summed E-state index contributed by atoms with van der Waals surface area (Å²) in [6, 6.07) is 13.7. The molecule has 0 unspecified atom stereocenters. The first-order chi connectivity index (χ1) is 13.1. The zero-order chi connectivity index (χ0) is 18.8. The van der Waals surface area contributed by atoms with Gasteiger partial charge >= 0.3 is 0 Å². The molecule has 0 spiro atoms. The number of hydrogen-bond acceptors (Lipinski definition) is 5. The maximum atomic E-state index is 12.8. The van der Waals surface area contributed by atoms with Crippen LogP contribution >= 0.6 is 34.7 Å². The zero-order valence-electron chi connectivity index (χ0n) is 15.0. The fourth-order valence-corrected chi connectivity index (χ4v) is 5.12. The summed E-state index contributed by atoms with van der Waals surface area (Å²) in [5, 5.41) is 1.73. The monoisotopic (exact) mass is 417 g/mol. The minimum Gasteiger partial charge on any atom is -0.345 e. The Morgan fingerprint density at radius 1 is 1.15 bits per heavy atom. The maximum Gasteiger partial charge on any atom is 0.253 e. The number of piperazine rings is 1. The van der Waals surface area contributed by atoms with Crippen LogP contribution in [0, 0.1) is 0 Å². The van der Waals surface area contributed by atoms with Crippen molar-refractivity contribution in [1.82, 2.24) is 9.88 Å². The number of rotatable bonds is 4. The molecule has 0 saturated carbocycles. The average molecular weight is 418 g/mol. The molecule has 7 heteroatoms. The normalized spacial score (nSPS) is 14.7. The first kappa shape index (κ1) is 18.6. The van der Waals surface area contributed by atoms with Gasteiger partial charge in [0.05, 0.1) is 10.2 Å². The quantitative estimate of drug-likeness (QED) is 0.558. The van der Waals surface area contributed by atoms with Gasteiger partial charge in [-0.05, 0) is 48.2 Å². The van der Waals surface area contributed by atoms with Gasteiger partial charge in [0.25, 0.3) is 5.91 Å². The molecule has 0 bridgehead atoms. The molecule has 1 amide bonds. The molecule has 0 atom stereocenters. The van der Waals surface area contributed by atoms with Crippen molar-refractivity contribution in [3.63, 3.8) is 0 Å². The standard InChI is InChI=1S/C20H20ClN3OS2/c1-2-26-16-6-3-14(4-7-16)19(25)23-9-11-24(12-10-23)20-22-17-8-5-15(21)13-18(17)27-20/h3-8,13H,2,9-12H2,1H3. The van der Waals surface area contributed by atoms with Crippen molar-refractivity contribution in [3.8, 4) is 0 Å². The second kappa shape index (κ2) is 8.09. The van der Waals surface area contributed by atoms with Gasteiger partial charge in [0, 0.05) is 41.7 Å². The molecule has 1 fully saturated rings. The van der Waals surface area contributed by atoms with Crippen LogP contribution in [0.1, 0.15) is 17.3 Å². The van der Waals surface area contributed by atoms with Crippen LogP contribution in [0.2, 0.25) is 5.02 Å². The van der Waals surface area contributed by atoms with Gasteiger partial charge in [0.15, 0.2) is 5.13 Å². The van der Waals surface area contributed by atoms with Crippen LogP contribution in [0.3, 0.4) is 0 Å². The topological polar surface area (TPSA) is 36.4 Å². The first-order valence-corrected chi connectivity index (χ1v) is 11.2. The van der Waals surface area contributed by atoms with Gasteiger partial charge in [-0.2, -0.15) is 0 Å². The number of carbonyl (C=O) groups is 1. The first-order valence-electron chi connectivity index (χ1n) is 8.97. The average Bonchev–Trinajstić information content (AvgIpc) is 3.11. The van der Waals surface area contributed by atoms with Gasteiger partial charge < -0.3 is 9.80 Å². The molecular formula is C20H20ClN3OS2. The van der Waals surface area contributed by atoms with Crippen molar-refractivity contribution in [2.24, 2.45) is 0 Å². The van der Waals surface area contributed by atoms with Gasteiger partial charge in [-0.15, -0.1) is 11.8 Å². The Morgan fingerprint density at radius 2 is 1.89 bits per heavy atom. The lowest BCUT2D eigenvalue weighted by atomic mass is 10.2. The summed E-state index contributed by atoms with van der Waals surface area (Å²) in [6.45, 7) is 5.14. The summed E-state index contributed by atoms with van der Waals surface area (Å²) in [7, 11) is 0. The number of carbonyl (C=O) groups excluding carboxylic acids is 1. The van der Waals surface area contributed by atoms with Crippen LogP contribution < -0.4 is 4.90 Å². The Hall–Kier alpha value is -1.76. The molecule has 0 aliphatic carbocycles. The van der Waals surface area contributed by atoms with Crippen LogP contribution in [0.5, 0.6) is 0 Å². The van der Waals surface area contributed by atoms with Crippen LogP contribution in [0.25, 0.3) is 10.2 Å². The van der Waals surface area contributed by atoms with Gasteiger partial charge in [-0.3, -0.25) is 4.79 Å². The molecular weight excluding hydrogens is 398 g/mol. The van der Waals surface area contributed by atoms with E-state index in [9.17, 15) is 4.79 Å². The Morgan fingerprint density at radius 3 is 2.59 bits per heavy atom. The van der Waals surface area contributed by atoms with Crippen molar-refractivity contribution in [2.75, 3.05) is 36.8 Å². The lowest BCUT2D eigenvalue weighted by Crippen LogP contribution is -2.48. The van der Waals surface area contributed by atoms with Gasteiger partial charge in [0.2, 0.25) is 0 Å². The molecule has 1 aromatic heterocycles. The molecule has 4 rings (SSSR count). The highest BCUT2D eigenvalue weighted by molar-refractivity contribution is 7.99. The smallest absolute Gasteiger partial charge is 0.253 e. The van der Waals surface area contributed by atoms with E-state index in [-0.39, 0.29) is 5.91 Å². The van der Waals surface area contributed by atoms with E-state index in [0.717, 1.165) is 44.8 Å². The number of fused-ring (bicyclic) bond motifs is 1. The van der Waals surface area contributed by atoms with E-state index in [1.807, 2.05) is 47.4 Å². The highest BCUT2D eigenvalue weighted by atomic mass is 35.5. The van der Waals surface area contributed by atoms with Crippen LogP contribution in [0.15, 0.2) is 47.4 Å². The fourth-order valence-electron chi connectivity index (χ4n) is 3.17. The van der Waals surface area contributed by atoms with Crippen molar-refractivity contribution in [2.45, 2.75) is 11.8 Å². The van der Waals surface area contributed by atoms with E-state index >= 15 is 0 Å². The number of halogens is 1. The molecule has 0 radical (unpaired) electrons. The molecule has 1 saturated heterocycles. The van der Waals surface area contributed by atoms with Crippen molar-refractivity contribution < 1.29 is 4.79 Å². The predicted molar refractivity (Wildman–Crippen MR) is 116 cm³/mol. The van der Waals surface area contributed by atoms with Gasteiger partial charge in [0.1, 0.15) is 0 Å². The highest BCUT2D eigenvalue weighted by Crippen LogP contribution is 2.31. The lowest BCUT2D eigenvalue weighted by molar-refractivity contribution is 0.0746. The van der Waals surface area contributed by atoms with E-state index < -0.39 is 0 Å². The number of amides is 1. The lowest BCUT2D eigenvalue weighted by Gasteiger charge is -2.34. The second-order valence-electron chi connectivity index (χ2n) is 6.35. The van der Waals surface area contributed by atoms with E-state index in [1.54, 1.807) is 23.1 Å². The zero-order valence-corrected chi connectivity index (χ0v) is 17.4. The highest BCUT2D eigenvalue weighted by Gasteiger charge is 2.24. The number of hydrogen-bond donors (Lipinski definition) is 0. The van der Waals surface area contributed by atoms with Gasteiger partial charge in [-0.25, -0.2) is 4.98 Å². The van der Waals surface area contributed by atoms with E-state index in [1.165, 1.54) is 4.90 Å².